The Morgan fingerprint density at radius 2 is 1.83 bits per heavy atom. The molecule has 0 radical (unpaired) electrons. The highest BCUT2D eigenvalue weighted by Crippen LogP contribution is 2.36. The molecule has 2 heterocycles. The summed E-state index contributed by atoms with van der Waals surface area (Å²) in [5, 5.41) is 18.7. The molecular formula is C21H13F3N4O2. The Hall–Kier alpha value is -4.06. The maximum atomic E-state index is 13.3. The average Bonchev–Trinajstić information content (AvgIpc) is 3.41. The van der Waals surface area contributed by atoms with Gasteiger partial charge in [-0.1, -0.05) is 30.3 Å². The topological polar surface area (TPSA) is 87.7 Å². The minimum atomic E-state index is -4.60. The number of hydrogen-bond acceptors (Lipinski definition) is 5. The maximum Gasteiger partial charge on any atom is 0.416 e. The van der Waals surface area contributed by atoms with Crippen molar-refractivity contribution in [2.75, 3.05) is 0 Å². The fourth-order valence-electron chi connectivity index (χ4n) is 2.86. The van der Waals surface area contributed by atoms with E-state index in [0.717, 1.165) is 17.7 Å². The summed E-state index contributed by atoms with van der Waals surface area (Å²) in [4.78, 5) is 0. The largest absolute Gasteiger partial charge is 0.489 e. The molecule has 0 amide bonds. The first-order valence-corrected chi connectivity index (χ1v) is 8.73. The molecule has 1 N–H and O–H groups in total. The number of aromatic nitrogens is 3. The van der Waals surface area contributed by atoms with Crippen molar-refractivity contribution in [1.29, 1.82) is 5.26 Å². The van der Waals surface area contributed by atoms with Gasteiger partial charge in [-0.25, -0.2) is 0 Å². The van der Waals surface area contributed by atoms with Crippen LogP contribution in [-0.4, -0.2) is 15.4 Å². The number of nitrogens with one attached hydrogen (secondary N) is 1. The number of H-pyrrole nitrogens is 1. The molecule has 0 unspecified atom stereocenters. The summed E-state index contributed by atoms with van der Waals surface area (Å²) in [6.07, 6.45) is -3.11. The van der Waals surface area contributed by atoms with Gasteiger partial charge >= 0.3 is 6.18 Å². The van der Waals surface area contributed by atoms with Gasteiger partial charge in [0.1, 0.15) is 29.9 Å². The molecule has 0 aliphatic rings. The van der Waals surface area contributed by atoms with Crippen molar-refractivity contribution >= 4 is 0 Å². The Morgan fingerprint density at radius 3 is 2.57 bits per heavy atom. The third-order valence-electron chi connectivity index (χ3n) is 4.28. The molecule has 4 rings (SSSR count). The molecule has 30 heavy (non-hydrogen) atoms. The molecule has 0 aliphatic heterocycles. The van der Waals surface area contributed by atoms with Crippen LogP contribution in [0.5, 0.6) is 5.75 Å². The first-order chi connectivity index (χ1) is 14.4. The van der Waals surface area contributed by atoms with Gasteiger partial charge in [0, 0.05) is 16.7 Å². The molecule has 2 aromatic heterocycles. The van der Waals surface area contributed by atoms with Gasteiger partial charge < -0.3 is 9.15 Å². The van der Waals surface area contributed by atoms with Crippen LogP contribution in [0.2, 0.25) is 0 Å². The Bertz CT molecular complexity index is 1210. The van der Waals surface area contributed by atoms with Gasteiger partial charge in [-0.05, 0) is 24.3 Å². The molecule has 0 spiro atoms. The molecular weight excluding hydrogens is 397 g/mol. The van der Waals surface area contributed by atoms with Gasteiger partial charge in [-0.2, -0.15) is 28.7 Å². The van der Waals surface area contributed by atoms with E-state index in [2.05, 4.69) is 15.4 Å². The van der Waals surface area contributed by atoms with E-state index < -0.39 is 11.7 Å². The van der Waals surface area contributed by atoms with Gasteiger partial charge in [-0.3, -0.25) is 0 Å². The van der Waals surface area contributed by atoms with Crippen LogP contribution in [0.4, 0.5) is 13.2 Å². The molecule has 6 nitrogen and oxygen atoms in total. The number of alkyl halides is 3. The van der Waals surface area contributed by atoms with E-state index in [1.54, 1.807) is 12.1 Å². The summed E-state index contributed by atoms with van der Waals surface area (Å²) < 4.78 is 51.1. The number of halogens is 3. The number of hydrogen-bond donors (Lipinski definition) is 1. The van der Waals surface area contributed by atoms with Crippen LogP contribution in [-0.2, 0) is 12.8 Å². The predicted octanol–water partition coefficient (Wildman–Crippen LogP) is 5.20. The van der Waals surface area contributed by atoms with E-state index in [0.29, 0.717) is 11.3 Å². The van der Waals surface area contributed by atoms with Crippen molar-refractivity contribution in [3.63, 3.8) is 0 Å². The first-order valence-electron chi connectivity index (χ1n) is 8.73. The van der Waals surface area contributed by atoms with Crippen molar-refractivity contribution < 1.29 is 22.3 Å². The summed E-state index contributed by atoms with van der Waals surface area (Å²) in [7, 11) is 0. The smallest absolute Gasteiger partial charge is 0.416 e. The second-order valence-electron chi connectivity index (χ2n) is 6.35. The molecule has 0 aliphatic carbocycles. The van der Waals surface area contributed by atoms with Crippen molar-refractivity contribution in [1.82, 2.24) is 15.4 Å². The van der Waals surface area contributed by atoms with Crippen LogP contribution in [0.25, 0.3) is 22.6 Å². The zero-order valence-corrected chi connectivity index (χ0v) is 15.3. The van der Waals surface area contributed by atoms with Gasteiger partial charge in [0.25, 0.3) is 0 Å². The number of benzene rings is 2. The molecule has 0 atom stereocenters. The van der Waals surface area contributed by atoms with Crippen LogP contribution < -0.4 is 4.74 Å². The highest BCUT2D eigenvalue weighted by molar-refractivity contribution is 5.67. The quantitative estimate of drug-likeness (QED) is 0.489. The van der Waals surface area contributed by atoms with E-state index in [9.17, 15) is 13.2 Å². The monoisotopic (exact) mass is 410 g/mol. The van der Waals surface area contributed by atoms with Gasteiger partial charge in [-0.15, -0.1) is 5.10 Å². The van der Waals surface area contributed by atoms with E-state index in [1.165, 1.54) is 12.3 Å². The number of rotatable bonds is 5. The lowest BCUT2D eigenvalue weighted by Gasteiger charge is -2.12. The fourth-order valence-corrected chi connectivity index (χ4v) is 2.86. The molecule has 0 saturated carbocycles. The molecule has 0 fully saturated rings. The zero-order valence-electron chi connectivity index (χ0n) is 15.3. The van der Waals surface area contributed by atoms with Crippen LogP contribution in [0, 0.1) is 11.3 Å². The highest BCUT2D eigenvalue weighted by atomic mass is 19.4. The third-order valence-corrected chi connectivity index (χ3v) is 4.28. The first kappa shape index (κ1) is 19.3. The van der Waals surface area contributed by atoms with E-state index in [-0.39, 0.29) is 29.3 Å². The van der Waals surface area contributed by atoms with E-state index in [1.807, 2.05) is 30.3 Å². The lowest BCUT2D eigenvalue weighted by Crippen LogP contribution is -2.06. The van der Waals surface area contributed by atoms with Gasteiger partial charge in [0.15, 0.2) is 5.69 Å². The number of nitrogens with zero attached hydrogens (tertiary/aromatic N) is 3. The number of nitriles is 1. The predicted molar refractivity (Wildman–Crippen MR) is 100 cm³/mol. The molecule has 150 valence electrons. The second kappa shape index (κ2) is 7.75. The normalized spacial score (nSPS) is 11.3. The van der Waals surface area contributed by atoms with Crippen LogP contribution in [0.3, 0.4) is 0 Å². The minimum Gasteiger partial charge on any atom is -0.489 e. The molecule has 9 heteroatoms. The van der Waals surface area contributed by atoms with Gasteiger partial charge in [0.05, 0.1) is 11.8 Å². The Morgan fingerprint density at radius 1 is 1.03 bits per heavy atom. The minimum absolute atomic E-state index is 0.000999. The molecule has 4 aromatic rings. The van der Waals surface area contributed by atoms with Gasteiger partial charge in [0.2, 0.25) is 0 Å². The Balaban J connectivity index is 1.60. The van der Waals surface area contributed by atoms with Crippen molar-refractivity contribution in [2.45, 2.75) is 12.8 Å². The third kappa shape index (κ3) is 4.03. The van der Waals surface area contributed by atoms with E-state index in [4.69, 9.17) is 14.4 Å². The summed E-state index contributed by atoms with van der Waals surface area (Å²) in [5.74, 6) is 0.606. The Kier molecular flexibility index (Phi) is 4.98. The summed E-state index contributed by atoms with van der Waals surface area (Å²) in [6, 6.07) is 16.1. The second-order valence-corrected chi connectivity index (χ2v) is 6.35. The standard InChI is InChI=1S/C21H13F3N4O2/c22-21(23,24)16-7-15(20-18(10-25)26-28-27-20)8-17(9-16)29-11-13-6-19(30-12-13)14-4-2-1-3-5-14/h1-9,12H,11H2,(H,26,27,28). The summed E-state index contributed by atoms with van der Waals surface area (Å²) in [6.45, 7) is 0.000999. The van der Waals surface area contributed by atoms with Crippen molar-refractivity contribution in [2.24, 2.45) is 0 Å². The SMILES string of the molecule is N#Cc1n[nH]nc1-c1cc(OCc2coc(-c3ccccc3)c2)cc(C(F)(F)F)c1. The maximum absolute atomic E-state index is 13.3. The zero-order chi connectivity index (χ0) is 21.1. The van der Waals surface area contributed by atoms with Crippen molar-refractivity contribution in [3.05, 3.63) is 77.7 Å². The highest BCUT2D eigenvalue weighted by Gasteiger charge is 2.32. The Labute approximate surface area is 168 Å². The van der Waals surface area contributed by atoms with Crippen LogP contribution in [0.1, 0.15) is 16.8 Å². The number of ether oxygens (including phenoxy) is 1. The van der Waals surface area contributed by atoms with E-state index >= 15 is 0 Å². The molecule has 0 bridgehead atoms. The summed E-state index contributed by atoms with van der Waals surface area (Å²) in [5.41, 5.74) is 0.597. The van der Waals surface area contributed by atoms with Crippen molar-refractivity contribution in [3.8, 4) is 34.4 Å². The number of aromatic amines is 1. The molecule has 2 aromatic carbocycles. The fraction of sp³-hybridized carbons (Fsp3) is 0.0952. The molecule has 0 saturated heterocycles. The number of furan rings is 1. The lowest BCUT2D eigenvalue weighted by molar-refractivity contribution is -0.137. The summed E-state index contributed by atoms with van der Waals surface area (Å²) >= 11 is 0. The van der Waals surface area contributed by atoms with Crippen LogP contribution in [0.15, 0.2) is 65.3 Å². The average molecular weight is 410 g/mol. The lowest BCUT2D eigenvalue weighted by atomic mass is 10.1. The van der Waals surface area contributed by atoms with Crippen LogP contribution >= 0.6 is 0 Å².